The van der Waals surface area contributed by atoms with Crippen molar-refractivity contribution in [1.82, 2.24) is 4.90 Å². The quantitative estimate of drug-likeness (QED) is 0.564. The molecule has 0 spiro atoms. The molecule has 29 heavy (non-hydrogen) atoms. The minimum absolute atomic E-state index is 0.211. The zero-order chi connectivity index (χ0) is 21.0. The Labute approximate surface area is 165 Å². The highest BCUT2D eigenvalue weighted by molar-refractivity contribution is 5.64. The SMILES string of the molecule is N#Cc1ccc(CN2CCCN(c3ccc(C(F)(F)F)cc3[N+](=O)[O-])CC2)cc1. The summed E-state index contributed by atoms with van der Waals surface area (Å²) in [6.07, 6.45) is -3.89. The maximum atomic E-state index is 12.9. The second-order valence-corrected chi connectivity index (χ2v) is 6.88. The first kappa shape index (κ1) is 20.6. The fourth-order valence-electron chi connectivity index (χ4n) is 3.43. The summed E-state index contributed by atoms with van der Waals surface area (Å²) in [6, 6.07) is 12.1. The smallest absolute Gasteiger partial charge is 0.365 e. The molecule has 1 aliphatic heterocycles. The standard InChI is InChI=1S/C20H19F3N4O2/c21-20(22,23)17-6-7-18(19(12-17)27(28)29)26-9-1-8-25(10-11-26)14-16-4-2-15(13-24)3-5-16/h2-7,12H,1,8-11,14H2. The Morgan fingerprint density at radius 3 is 2.41 bits per heavy atom. The van der Waals surface area contributed by atoms with Gasteiger partial charge in [0, 0.05) is 38.8 Å². The molecule has 3 rings (SSSR count). The van der Waals surface area contributed by atoms with Crippen LogP contribution in [0, 0.1) is 21.4 Å². The highest BCUT2D eigenvalue weighted by Gasteiger charge is 2.34. The molecule has 0 aliphatic carbocycles. The van der Waals surface area contributed by atoms with Gasteiger partial charge in [0.25, 0.3) is 5.69 Å². The lowest BCUT2D eigenvalue weighted by Crippen LogP contribution is -2.31. The molecule has 0 saturated carbocycles. The molecule has 9 heteroatoms. The highest BCUT2D eigenvalue weighted by atomic mass is 19.4. The molecule has 0 unspecified atom stereocenters. The molecule has 0 aromatic heterocycles. The van der Waals surface area contributed by atoms with Gasteiger partial charge in [0.2, 0.25) is 0 Å². The second-order valence-electron chi connectivity index (χ2n) is 6.88. The zero-order valence-corrected chi connectivity index (χ0v) is 15.5. The van der Waals surface area contributed by atoms with Crippen LogP contribution in [0.4, 0.5) is 24.5 Å². The van der Waals surface area contributed by atoms with Gasteiger partial charge in [-0.1, -0.05) is 12.1 Å². The van der Waals surface area contributed by atoms with Crippen LogP contribution in [0.3, 0.4) is 0 Å². The maximum Gasteiger partial charge on any atom is 0.416 e. The Kier molecular flexibility index (Phi) is 6.03. The molecule has 0 radical (unpaired) electrons. The van der Waals surface area contributed by atoms with Gasteiger partial charge in [0.05, 0.1) is 22.1 Å². The molecule has 1 aliphatic rings. The third kappa shape index (κ3) is 5.03. The van der Waals surface area contributed by atoms with E-state index in [2.05, 4.69) is 11.0 Å². The summed E-state index contributed by atoms with van der Waals surface area (Å²) in [5.41, 5.74) is 0.303. The first-order chi connectivity index (χ1) is 13.8. The molecular weight excluding hydrogens is 385 g/mol. The van der Waals surface area contributed by atoms with E-state index in [0.29, 0.717) is 37.8 Å². The molecule has 0 amide bonds. The molecule has 2 aromatic carbocycles. The van der Waals surface area contributed by atoms with Crippen molar-refractivity contribution >= 4 is 11.4 Å². The monoisotopic (exact) mass is 404 g/mol. The van der Waals surface area contributed by atoms with Crippen LogP contribution in [0.5, 0.6) is 0 Å². The van der Waals surface area contributed by atoms with Crippen molar-refractivity contribution in [3.63, 3.8) is 0 Å². The lowest BCUT2D eigenvalue weighted by molar-refractivity contribution is -0.384. The van der Waals surface area contributed by atoms with Gasteiger partial charge in [0.15, 0.2) is 0 Å². The van der Waals surface area contributed by atoms with Gasteiger partial charge in [-0.15, -0.1) is 0 Å². The number of hydrogen-bond donors (Lipinski definition) is 0. The Bertz CT molecular complexity index is 923. The van der Waals surface area contributed by atoms with E-state index in [9.17, 15) is 23.3 Å². The van der Waals surface area contributed by atoms with Crippen molar-refractivity contribution in [1.29, 1.82) is 5.26 Å². The molecule has 1 fully saturated rings. The average Bonchev–Trinajstić information content (AvgIpc) is 2.93. The third-order valence-corrected chi connectivity index (χ3v) is 4.92. The number of halogens is 3. The van der Waals surface area contributed by atoms with E-state index in [0.717, 1.165) is 24.6 Å². The number of rotatable bonds is 4. The molecule has 0 bridgehead atoms. The van der Waals surface area contributed by atoms with E-state index in [-0.39, 0.29) is 5.69 Å². The van der Waals surface area contributed by atoms with Crippen LogP contribution < -0.4 is 4.90 Å². The minimum Gasteiger partial charge on any atom is -0.365 e. The summed E-state index contributed by atoms with van der Waals surface area (Å²) in [7, 11) is 0. The molecule has 0 N–H and O–H groups in total. The summed E-state index contributed by atoms with van der Waals surface area (Å²) >= 11 is 0. The van der Waals surface area contributed by atoms with Gasteiger partial charge in [0.1, 0.15) is 5.69 Å². The third-order valence-electron chi connectivity index (χ3n) is 4.92. The predicted octanol–water partition coefficient (Wildman–Crippen LogP) is 4.20. The van der Waals surface area contributed by atoms with Gasteiger partial charge in [-0.25, -0.2) is 0 Å². The largest absolute Gasteiger partial charge is 0.416 e. The van der Waals surface area contributed by atoms with Gasteiger partial charge < -0.3 is 4.90 Å². The second kappa shape index (κ2) is 8.49. The van der Waals surface area contributed by atoms with Crippen LogP contribution in [-0.4, -0.2) is 36.0 Å². The predicted molar refractivity (Wildman–Crippen MR) is 101 cm³/mol. The summed E-state index contributed by atoms with van der Waals surface area (Å²) in [5.74, 6) is 0. The molecular formula is C20H19F3N4O2. The zero-order valence-electron chi connectivity index (χ0n) is 15.5. The van der Waals surface area contributed by atoms with Gasteiger partial charge in [-0.05, 0) is 36.2 Å². The normalized spacial score (nSPS) is 15.6. The number of nitrogens with zero attached hydrogens (tertiary/aromatic N) is 4. The van der Waals surface area contributed by atoms with Crippen LogP contribution >= 0.6 is 0 Å². The van der Waals surface area contributed by atoms with Gasteiger partial charge in [-0.2, -0.15) is 18.4 Å². The molecule has 6 nitrogen and oxygen atoms in total. The van der Waals surface area contributed by atoms with Crippen LogP contribution in [-0.2, 0) is 12.7 Å². The Morgan fingerprint density at radius 1 is 1.07 bits per heavy atom. The molecule has 152 valence electrons. The van der Waals surface area contributed by atoms with Crippen LogP contribution in [0.15, 0.2) is 42.5 Å². The van der Waals surface area contributed by atoms with Crippen molar-refractivity contribution in [2.24, 2.45) is 0 Å². The molecule has 0 atom stereocenters. The fraction of sp³-hybridized carbons (Fsp3) is 0.350. The lowest BCUT2D eigenvalue weighted by atomic mass is 10.1. The van der Waals surface area contributed by atoms with E-state index in [1.807, 2.05) is 12.1 Å². The van der Waals surface area contributed by atoms with Crippen molar-refractivity contribution in [3.8, 4) is 6.07 Å². The summed E-state index contributed by atoms with van der Waals surface area (Å²) < 4.78 is 38.7. The summed E-state index contributed by atoms with van der Waals surface area (Å²) in [4.78, 5) is 14.6. The first-order valence-corrected chi connectivity index (χ1v) is 9.10. The first-order valence-electron chi connectivity index (χ1n) is 9.10. The van der Waals surface area contributed by atoms with Crippen molar-refractivity contribution in [2.75, 3.05) is 31.1 Å². The maximum absolute atomic E-state index is 12.9. The fourth-order valence-corrected chi connectivity index (χ4v) is 3.43. The minimum atomic E-state index is -4.63. The number of alkyl halides is 3. The number of anilines is 1. The topological polar surface area (TPSA) is 73.4 Å². The number of nitro benzene ring substituents is 1. The molecule has 2 aromatic rings. The van der Waals surface area contributed by atoms with Crippen LogP contribution in [0.2, 0.25) is 0 Å². The van der Waals surface area contributed by atoms with E-state index in [4.69, 9.17) is 5.26 Å². The average molecular weight is 404 g/mol. The highest BCUT2D eigenvalue weighted by Crippen LogP contribution is 2.36. The molecule has 1 saturated heterocycles. The van der Waals surface area contributed by atoms with Gasteiger partial charge in [-0.3, -0.25) is 15.0 Å². The number of hydrogen-bond acceptors (Lipinski definition) is 5. The number of nitriles is 1. The Morgan fingerprint density at radius 2 is 1.79 bits per heavy atom. The van der Waals surface area contributed by atoms with E-state index in [1.54, 1.807) is 17.0 Å². The summed E-state index contributed by atoms with van der Waals surface area (Å²) in [5, 5.41) is 20.2. The Balaban J connectivity index is 1.73. The lowest BCUT2D eigenvalue weighted by Gasteiger charge is -2.24. The van der Waals surface area contributed by atoms with Crippen molar-refractivity contribution < 1.29 is 18.1 Å². The number of benzene rings is 2. The van der Waals surface area contributed by atoms with E-state index in [1.165, 1.54) is 6.07 Å². The van der Waals surface area contributed by atoms with Gasteiger partial charge >= 0.3 is 6.18 Å². The van der Waals surface area contributed by atoms with Crippen LogP contribution in [0.1, 0.15) is 23.1 Å². The van der Waals surface area contributed by atoms with Crippen LogP contribution in [0.25, 0.3) is 0 Å². The number of nitro groups is 1. The van der Waals surface area contributed by atoms with E-state index >= 15 is 0 Å². The Hall–Kier alpha value is -3.12. The van der Waals surface area contributed by atoms with E-state index < -0.39 is 22.4 Å². The van der Waals surface area contributed by atoms with Crippen molar-refractivity contribution in [3.05, 3.63) is 69.3 Å². The summed E-state index contributed by atoms with van der Waals surface area (Å²) in [6.45, 7) is 3.07. The molecule has 1 heterocycles. The van der Waals surface area contributed by atoms with Crippen molar-refractivity contribution in [2.45, 2.75) is 19.1 Å².